The van der Waals surface area contributed by atoms with Crippen LogP contribution in [0.3, 0.4) is 0 Å². The van der Waals surface area contributed by atoms with Gasteiger partial charge in [-0.2, -0.15) is 12.8 Å². The van der Waals surface area contributed by atoms with Gasteiger partial charge in [0.1, 0.15) is 0 Å². The zero-order valence-electron chi connectivity index (χ0n) is 15.3. The fourth-order valence-electron chi connectivity index (χ4n) is 2.16. The van der Waals surface area contributed by atoms with Crippen LogP contribution in [-0.2, 0) is 26.2 Å². The molecule has 25 heavy (non-hydrogen) atoms. The fraction of sp³-hybridized carbons (Fsp3) is 0.261. The average molecular weight is 413 g/mol. The van der Waals surface area contributed by atoms with E-state index >= 15 is 0 Å². The van der Waals surface area contributed by atoms with Crippen LogP contribution in [0.2, 0.25) is 0 Å². The molecule has 0 aromatic heterocycles. The van der Waals surface area contributed by atoms with Crippen molar-refractivity contribution in [3.8, 4) is 0 Å². The number of unbranched alkanes of at least 4 members (excludes halogenated alkanes) is 1. The van der Waals surface area contributed by atoms with Crippen LogP contribution in [0.15, 0.2) is 30.3 Å². The van der Waals surface area contributed by atoms with E-state index in [0.29, 0.717) is 0 Å². The van der Waals surface area contributed by atoms with Crippen molar-refractivity contribution < 1.29 is 31.3 Å². The molecule has 1 aromatic carbocycles. The summed E-state index contributed by atoms with van der Waals surface area (Å²) in [5, 5.41) is 9.87. The molecular weight excluding hydrogens is 383 g/mol. The van der Waals surface area contributed by atoms with Gasteiger partial charge in [-0.05, 0) is 69.8 Å². The second kappa shape index (κ2) is 17.5. The van der Waals surface area contributed by atoms with Crippen molar-refractivity contribution in [3.05, 3.63) is 107 Å². The maximum Gasteiger partial charge on any atom is 0.0338 e. The van der Waals surface area contributed by atoms with Crippen LogP contribution < -0.4 is 0 Å². The van der Waals surface area contributed by atoms with Crippen LogP contribution in [0.25, 0.3) is 0 Å². The van der Waals surface area contributed by atoms with Crippen molar-refractivity contribution in [1.29, 1.82) is 0 Å². The molecule has 0 spiro atoms. The molecule has 0 heterocycles. The molecule has 2 heteroatoms. The Balaban J connectivity index is 0.000000425. The van der Waals surface area contributed by atoms with Crippen molar-refractivity contribution in [2.75, 3.05) is 0 Å². The van der Waals surface area contributed by atoms with E-state index in [4.69, 9.17) is 0 Å². The summed E-state index contributed by atoms with van der Waals surface area (Å²) in [5.41, 5.74) is 1.21. The van der Waals surface area contributed by atoms with Crippen LogP contribution in [0.1, 0.15) is 38.2 Å². The van der Waals surface area contributed by atoms with E-state index in [1.54, 1.807) is 0 Å². The van der Waals surface area contributed by atoms with Gasteiger partial charge in [0.15, 0.2) is 0 Å². The van der Waals surface area contributed by atoms with Gasteiger partial charge in [0.05, 0.1) is 0 Å². The summed E-state index contributed by atoms with van der Waals surface area (Å²) in [6, 6.07) is 10.2. The van der Waals surface area contributed by atoms with Crippen LogP contribution in [0.4, 0.5) is 0 Å². The molecule has 1 N–H and O–H groups in total. The maximum atomic E-state index is 9.87. The maximum absolute atomic E-state index is 9.87. The minimum atomic E-state index is -0.252. The van der Waals surface area contributed by atoms with E-state index in [9.17, 15) is 5.11 Å². The first-order chi connectivity index (χ1) is 11.8. The van der Waals surface area contributed by atoms with E-state index in [1.165, 1.54) is 5.56 Å². The Kier molecular flexibility index (Phi) is 17.5. The molecule has 1 aromatic rings. The SMILES string of the molecule is CC[CH-]CC(O)C(C)c1ccccc1.[CH]1[CH][CH][CH][CH]1.[CH]1[CH][CH][CH][CH]1.[Zr]. The molecule has 2 fully saturated rings. The molecule has 2 aliphatic carbocycles. The number of benzene rings is 1. The molecule has 2 unspecified atom stereocenters. The second-order valence-corrected chi connectivity index (χ2v) is 5.62. The predicted octanol–water partition coefficient (Wildman–Crippen LogP) is 5.20. The first-order valence-corrected chi connectivity index (χ1v) is 8.63. The molecule has 0 aliphatic heterocycles. The normalized spacial score (nSPS) is 18.0. The Bertz CT molecular complexity index is 346. The van der Waals surface area contributed by atoms with E-state index in [1.807, 2.05) is 82.4 Å². The first kappa shape index (κ1) is 25.1. The van der Waals surface area contributed by atoms with E-state index in [0.717, 1.165) is 12.8 Å². The molecule has 2 aliphatic rings. The van der Waals surface area contributed by atoms with Crippen LogP contribution >= 0.6 is 0 Å². The van der Waals surface area contributed by atoms with Gasteiger partial charge in [-0.15, -0.1) is 0 Å². The first-order valence-electron chi connectivity index (χ1n) is 8.63. The summed E-state index contributed by atoms with van der Waals surface area (Å²) in [5.74, 6) is 0.221. The molecule has 3 rings (SSSR count). The number of aliphatic hydroxyl groups excluding tert-OH is 1. The van der Waals surface area contributed by atoms with E-state index in [-0.39, 0.29) is 38.2 Å². The molecule has 0 saturated heterocycles. The van der Waals surface area contributed by atoms with Gasteiger partial charge < -0.3 is 11.5 Å². The van der Waals surface area contributed by atoms with Crippen molar-refractivity contribution in [2.24, 2.45) is 0 Å². The Morgan fingerprint density at radius 3 is 1.56 bits per heavy atom. The monoisotopic (exact) mass is 411 g/mol. The predicted molar refractivity (Wildman–Crippen MR) is 103 cm³/mol. The van der Waals surface area contributed by atoms with Crippen LogP contribution in [0.5, 0.6) is 0 Å². The molecule has 2 atom stereocenters. The molecule has 0 amide bonds. The number of aliphatic hydroxyl groups is 1. The van der Waals surface area contributed by atoms with Gasteiger partial charge in [0, 0.05) is 38.2 Å². The smallest absolute Gasteiger partial charge is 0.0338 e. The van der Waals surface area contributed by atoms with Gasteiger partial charge in [-0.3, -0.25) is 0 Å². The van der Waals surface area contributed by atoms with Crippen molar-refractivity contribution in [1.82, 2.24) is 0 Å². The van der Waals surface area contributed by atoms with Gasteiger partial charge in [-0.25, -0.2) is 0 Å². The third-order valence-electron chi connectivity index (χ3n) is 3.71. The molecule has 0 bridgehead atoms. The standard InChI is InChI=1S/C13H19O.2C5H5.Zr/c1-3-4-10-13(14)11(2)12-8-6-5-7-9-12;2*1-2-4-5-3-1;/h4-9,11,13-14H,3,10H2,1-2H3;2*1-5H;/q-1;;;. The summed E-state index contributed by atoms with van der Waals surface area (Å²) in [4.78, 5) is 0. The Labute approximate surface area is 176 Å². The van der Waals surface area contributed by atoms with Crippen molar-refractivity contribution in [2.45, 2.75) is 38.7 Å². The molecule has 2 saturated carbocycles. The number of rotatable bonds is 5. The quantitative estimate of drug-likeness (QED) is 0.659. The summed E-state index contributed by atoms with van der Waals surface area (Å²) >= 11 is 0. The Hall–Kier alpha value is 0.0631. The van der Waals surface area contributed by atoms with E-state index in [2.05, 4.69) is 32.4 Å². The minimum Gasteiger partial charge on any atom is -0.395 e. The van der Waals surface area contributed by atoms with Gasteiger partial charge in [-0.1, -0.05) is 44.2 Å². The molecular formula is C23H29OZr-. The summed E-state index contributed by atoms with van der Waals surface area (Å²) in [6.07, 6.45) is 23.7. The van der Waals surface area contributed by atoms with Crippen molar-refractivity contribution in [3.63, 3.8) is 0 Å². The number of hydrogen-bond acceptors (Lipinski definition) is 1. The third-order valence-corrected chi connectivity index (χ3v) is 3.71. The summed E-state index contributed by atoms with van der Waals surface area (Å²) in [7, 11) is 0. The summed E-state index contributed by atoms with van der Waals surface area (Å²) in [6.45, 7) is 4.17. The van der Waals surface area contributed by atoms with Gasteiger partial charge >= 0.3 is 0 Å². The minimum absolute atomic E-state index is 0. The van der Waals surface area contributed by atoms with Gasteiger partial charge in [0.2, 0.25) is 0 Å². The zero-order valence-corrected chi connectivity index (χ0v) is 17.7. The average Bonchev–Trinajstić information content (AvgIpc) is 3.38. The Morgan fingerprint density at radius 1 is 0.800 bits per heavy atom. The third kappa shape index (κ3) is 13.0. The number of hydrogen-bond donors (Lipinski definition) is 1. The van der Waals surface area contributed by atoms with Crippen LogP contribution in [-0.4, -0.2) is 11.2 Å². The van der Waals surface area contributed by atoms with E-state index < -0.39 is 0 Å². The molecule has 132 valence electrons. The largest absolute Gasteiger partial charge is 0.395 e. The topological polar surface area (TPSA) is 20.2 Å². The van der Waals surface area contributed by atoms with Crippen LogP contribution in [0, 0.1) is 70.6 Å². The zero-order chi connectivity index (χ0) is 17.5. The Morgan fingerprint density at radius 2 is 1.20 bits per heavy atom. The summed E-state index contributed by atoms with van der Waals surface area (Å²) < 4.78 is 0. The van der Waals surface area contributed by atoms with Crippen molar-refractivity contribution >= 4 is 0 Å². The second-order valence-electron chi connectivity index (χ2n) is 5.62. The molecule has 1 nitrogen and oxygen atoms in total. The fourth-order valence-corrected chi connectivity index (χ4v) is 2.16. The molecule has 10 radical (unpaired) electrons. The van der Waals surface area contributed by atoms with Gasteiger partial charge in [0.25, 0.3) is 0 Å².